The van der Waals surface area contributed by atoms with Crippen molar-refractivity contribution < 1.29 is 28.5 Å². The maximum Gasteiger partial charge on any atom is 0.331 e. The molecular formula is C26H28O6. The third-order valence-electron chi connectivity index (χ3n) is 5.24. The fourth-order valence-electron chi connectivity index (χ4n) is 3.43. The number of carbonyl (C=O) groups is 2. The standard InChI is InChI=1S/C26H28O6/c1-29-21-9-3-19(4-10-21)7-17-25(27)31-23-13-15-24(16-14-23)32-26(28)18-8-20-5-11-22(30-2)12-6-20/h3-12,17-18,23-24H,13-16H2,1-2H3/b17-7+,18-8+. The van der Waals surface area contributed by atoms with Crippen LogP contribution in [-0.4, -0.2) is 38.4 Å². The Labute approximate surface area is 188 Å². The van der Waals surface area contributed by atoms with Crippen LogP contribution < -0.4 is 9.47 Å². The number of rotatable bonds is 8. The number of methoxy groups -OCH3 is 2. The van der Waals surface area contributed by atoms with Crippen molar-refractivity contribution >= 4 is 24.1 Å². The maximum atomic E-state index is 12.1. The summed E-state index contributed by atoms with van der Waals surface area (Å²) in [6.45, 7) is 0. The third-order valence-corrected chi connectivity index (χ3v) is 5.24. The predicted octanol–water partition coefficient (Wildman–Crippen LogP) is 4.83. The molecule has 1 aliphatic carbocycles. The molecule has 6 heteroatoms. The van der Waals surface area contributed by atoms with Crippen LogP contribution in [-0.2, 0) is 19.1 Å². The molecule has 0 atom stereocenters. The molecule has 0 bridgehead atoms. The van der Waals surface area contributed by atoms with Crippen LogP contribution in [0.15, 0.2) is 60.7 Å². The zero-order chi connectivity index (χ0) is 22.8. The molecule has 2 aromatic carbocycles. The van der Waals surface area contributed by atoms with Gasteiger partial charge in [0.25, 0.3) is 0 Å². The van der Waals surface area contributed by atoms with E-state index in [1.54, 1.807) is 26.4 Å². The van der Waals surface area contributed by atoms with E-state index in [0.29, 0.717) is 25.7 Å². The van der Waals surface area contributed by atoms with Crippen LogP contribution in [0.2, 0.25) is 0 Å². The molecule has 1 saturated carbocycles. The number of hydrogen-bond acceptors (Lipinski definition) is 6. The molecule has 0 N–H and O–H groups in total. The van der Waals surface area contributed by atoms with Crippen LogP contribution in [0.5, 0.6) is 11.5 Å². The first-order chi connectivity index (χ1) is 15.6. The van der Waals surface area contributed by atoms with Crippen molar-refractivity contribution in [2.45, 2.75) is 37.9 Å². The van der Waals surface area contributed by atoms with Gasteiger partial charge in [0.05, 0.1) is 14.2 Å². The molecule has 2 aromatic rings. The highest BCUT2D eigenvalue weighted by Crippen LogP contribution is 2.24. The Morgan fingerprint density at radius 3 is 1.31 bits per heavy atom. The van der Waals surface area contributed by atoms with Gasteiger partial charge < -0.3 is 18.9 Å². The molecular weight excluding hydrogens is 408 g/mol. The molecule has 0 amide bonds. The van der Waals surface area contributed by atoms with Gasteiger partial charge >= 0.3 is 11.9 Å². The van der Waals surface area contributed by atoms with Gasteiger partial charge in [0.2, 0.25) is 0 Å². The molecule has 6 nitrogen and oxygen atoms in total. The molecule has 0 aromatic heterocycles. The van der Waals surface area contributed by atoms with E-state index < -0.39 is 0 Å². The second-order valence-electron chi connectivity index (χ2n) is 7.49. The topological polar surface area (TPSA) is 71.1 Å². The predicted molar refractivity (Wildman–Crippen MR) is 122 cm³/mol. The summed E-state index contributed by atoms with van der Waals surface area (Å²) in [6, 6.07) is 14.8. The summed E-state index contributed by atoms with van der Waals surface area (Å²) in [7, 11) is 3.22. The van der Waals surface area contributed by atoms with Crippen LogP contribution in [0.4, 0.5) is 0 Å². The van der Waals surface area contributed by atoms with Gasteiger partial charge in [-0.05, 0) is 73.2 Å². The van der Waals surface area contributed by atoms with Gasteiger partial charge in [-0.15, -0.1) is 0 Å². The molecule has 0 spiro atoms. The van der Waals surface area contributed by atoms with Gasteiger partial charge in [0.1, 0.15) is 23.7 Å². The summed E-state index contributed by atoms with van der Waals surface area (Å²) in [6.07, 6.45) is 8.64. The highest BCUT2D eigenvalue weighted by Gasteiger charge is 2.25. The first-order valence-electron chi connectivity index (χ1n) is 10.6. The van der Waals surface area contributed by atoms with Crippen molar-refractivity contribution in [2.75, 3.05) is 14.2 Å². The highest BCUT2D eigenvalue weighted by molar-refractivity contribution is 5.87. The van der Waals surface area contributed by atoms with Crippen molar-refractivity contribution in [3.8, 4) is 11.5 Å². The highest BCUT2D eigenvalue weighted by atomic mass is 16.6. The Kier molecular flexibility index (Phi) is 8.49. The average Bonchev–Trinajstić information content (AvgIpc) is 2.83. The summed E-state index contributed by atoms with van der Waals surface area (Å²) in [4.78, 5) is 24.2. The molecule has 168 valence electrons. The van der Waals surface area contributed by atoms with Crippen molar-refractivity contribution in [1.82, 2.24) is 0 Å². The fraction of sp³-hybridized carbons (Fsp3) is 0.308. The van der Waals surface area contributed by atoms with E-state index in [1.807, 2.05) is 48.5 Å². The monoisotopic (exact) mass is 436 g/mol. The second-order valence-corrected chi connectivity index (χ2v) is 7.49. The van der Waals surface area contributed by atoms with E-state index in [1.165, 1.54) is 12.2 Å². The van der Waals surface area contributed by atoms with Gasteiger partial charge in [-0.1, -0.05) is 24.3 Å². The average molecular weight is 437 g/mol. The number of hydrogen-bond donors (Lipinski definition) is 0. The number of carbonyl (C=O) groups excluding carboxylic acids is 2. The van der Waals surface area contributed by atoms with Crippen LogP contribution in [0.3, 0.4) is 0 Å². The Balaban J connectivity index is 1.38. The quantitative estimate of drug-likeness (QED) is 0.436. The van der Waals surface area contributed by atoms with E-state index >= 15 is 0 Å². The zero-order valence-corrected chi connectivity index (χ0v) is 18.4. The normalized spacial score (nSPS) is 18.4. The molecule has 0 radical (unpaired) electrons. The SMILES string of the molecule is COc1ccc(/C=C/C(=O)OC2CCC(OC(=O)/C=C/c3ccc(OC)cc3)CC2)cc1. The first kappa shape index (κ1) is 23.1. The molecule has 32 heavy (non-hydrogen) atoms. The van der Waals surface area contributed by atoms with Gasteiger partial charge in [-0.2, -0.15) is 0 Å². The molecule has 0 saturated heterocycles. The molecule has 0 heterocycles. The van der Waals surface area contributed by atoms with E-state index in [2.05, 4.69) is 0 Å². The van der Waals surface area contributed by atoms with E-state index in [4.69, 9.17) is 18.9 Å². The lowest BCUT2D eigenvalue weighted by Crippen LogP contribution is -2.29. The lowest BCUT2D eigenvalue weighted by Gasteiger charge is -2.27. The van der Waals surface area contributed by atoms with E-state index in [-0.39, 0.29) is 24.1 Å². The molecule has 3 rings (SSSR count). The Hall–Kier alpha value is -3.54. The summed E-state index contributed by atoms with van der Waals surface area (Å²) in [5.74, 6) is 0.782. The first-order valence-corrected chi connectivity index (χ1v) is 10.6. The Morgan fingerprint density at radius 2 is 1.00 bits per heavy atom. The van der Waals surface area contributed by atoms with E-state index in [9.17, 15) is 9.59 Å². The minimum absolute atomic E-state index is 0.159. The van der Waals surface area contributed by atoms with Crippen molar-refractivity contribution in [3.63, 3.8) is 0 Å². The van der Waals surface area contributed by atoms with Crippen LogP contribution in [0.1, 0.15) is 36.8 Å². The summed E-state index contributed by atoms with van der Waals surface area (Å²) in [5.41, 5.74) is 1.78. The van der Waals surface area contributed by atoms with Crippen LogP contribution >= 0.6 is 0 Å². The molecule has 1 aliphatic rings. The molecule has 0 aliphatic heterocycles. The van der Waals surface area contributed by atoms with Gasteiger partial charge in [-0.25, -0.2) is 9.59 Å². The second kappa shape index (κ2) is 11.7. The Bertz CT molecular complexity index is 856. The molecule has 1 fully saturated rings. The van der Waals surface area contributed by atoms with Gasteiger partial charge in [0.15, 0.2) is 0 Å². The summed E-state index contributed by atoms with van der Waals surface area (Å²) in [5, 5.41) is 0. The van der Waals surface area contributed by atoms with Gasteiger partial charge in [-0.3, -0.25) is 0 Å². The van der Waals surface area contributed by atoms with E-state index in [0.717, 1.165) is 22.6 Å². The minimum Gasteiger partial charge on any atom is -0.497 e. The lowest BCUT2D eigenvalue weighted by molar-refractivity contribution is -0.151. The number of esters is 2. The van der Waals surface area contributed by atoms with Crippen molar-refractivity contribution in [3.05, 3.63) is 71.8 Å². The van der Waals surface area contributed by atoms with Crippen molar-refractivity contribution in [1.29, 1.82) is 0 Å². The fourth-order valence-corrected chi connectivity index (χ4v) is 3.43. The van der Waals surface area contributed by atoms with Gasteiger partial charge in [0, 0.05) is 12.2 Å². The van der Waals surface area contributed by atoms with Crippen LogP contribution in [0, 0.1) is 0 Å². The third kappa shape index (κ3) is 7.30. The number of ether oxygens (including phenoxy) is 4. The van der Waals surface area contributed by atoms with Crippen molar-refractivity contribution in [2.24, 2.45) is 0 Å². The molecule has 0 unspecified atom stereocenters. The van der Waals surface area contributed by atoms with Crippen LogP contribution in [0.25, 0.3) is 12.2 Å². The largest absolute Gasteiger partial charge is 0.497 e. The smallest absolute Gasteiger partial charge is 0.331 e. The minimum atomic E-state index is -0.372. The zero-order valence-electron chi connectivity index (χ0n) is 18.4. The lowest BCUT2D eigenvalue weighted by atomic mass is 9.95. The summed E-state index contributed by atoms with van der Waals surface area (Å²) >= 11 is 0. The maximum absolute atomic E-state index is 12.1. The Morgan fingerprint density at radius 1 is 0.656 bits per heavy atom. The summed E-state index contributed by atoms with van der Waals surface area (Å²) < 4.78 is 21.3. The number of benzene rings is 2.